The summed E-state index contributed by atoms with van der Waals surface area (Å²) >= 11 is 0. The van der Waals surface area contributed by atoms with Crippen LogP contribution in [0.15, 0.2) is 41.3 Å². The molecule has 27 heavy (non-hydrogen) atoms. The van der Waals surface area contributed by atoms with Gasteiger partial charge in [-0.3, -0.25) is 9.52 Å². The number of ether oxygens (including phenoxy) is 2. The van der Waals surface area contributed by atoms with Gasteiger partial charge in [0, 0.05) is 5.69 Å². The highest BCUT2D eigenvalue weighted by Crippen LogP contribution is 2.27. The van der Waals surface area contributed by atoms with E-state index in [0.717, 1.165) is 12.0 Å². The Bertz CT molecular complexity index is 957. The lowest BCUT2D eigenvalue weighted by Gasteiger charge is -2.13. The van der Waals surface area contributed by atoms with Crippen LogP contribution in [0.25, 0.3) is 0 Å². The lowest BCUT2D eigenvalue weighted by atomic mass is 10.1. The monoisotopic (exact) mass is 390 g/mol. The van der Waals surface area contributed by atoms with Gasteiger partial charge in [-0.25, -0.2) is 8.42 Å². The molecule has 0 radical (unpaired) electrons. The number of fused-ring (bicyclic) bond motifs is 1. The fraction of sp³-hybridized carbons (Fsp3) is 0.316. The van der Waals surface area contributed by atoms with E-state index in [9.17, 15) is 13.2 Å². The van der Waals surface area contributed by atoms with E-state index >= 15 is 0 Å². The van der Waals surface area contributed by atoms with Gasteiger partial charge in [-0.05, 0) is 55.3 Å². The molecule has 2 aromatic rings. The van der Waals surface area contributed by atoms with Gasteiger partial charge >= 0.3 is 0 Å². The van der Waals surface area contributed by atoms with Crippen molar-refractivity contribution in [2.75, 3.05) is 24.5 Å². The second kappa shape index (κ2) is 7.87. The number of nitrogens with one attached hydrogen (secondary N) is 2. The highest BCUT2D eigenvalue weighted by Gasteiger charge is 2.20. The Kier molecular flexibility index (Phi) is 5.55. The number of benzene rings is 2. The summed E-state index contributed by atoms with van der Waals surface area (Å²) in [5, 5.41) is 2.70. The van der Waals surface area contributed by atoms with E-state index in [4.69, 9.17) is 9.47 Å². The lowest BCUT2D eigenvalue weighted by Crippen LogP contribution is -2.24. The highest BCUT2D eigenvalue weighted by molar-refractivity contribution is 7.92. The van der Waals surface area contributed by atoms with Gasteiger partial charge in [-0.1, -0.05) is 6.92 Å². The number of rotatable bonds is 6. The first-order valence-electron chi connectivity index (χ1n) is 8.72. The van der Waals surface area contributed by atoms with Crippen molar-refractivity contribution in [2.45, 2.75) is 25.2 Å². The van der Waals surface area contributed by atoms with Gasteiger partial charge in [0.15, 0.2) is 0 Å². The van der Waals surface area contributed by atoms with Gasteiger partial charge in [0.2, 0.25) is 0 Å². The van der Waals surface area contributed by atoms with E-state index < -0.39 is 10.0 Å². The van der Waals surface area contributed by atoms with Gasteiger partial charge in [-0.15, -0.1) is 0 Å². The normalized spacial score (nSPS) is 13.8. The lowest BCUT2D eigenvalue weighted by molar-refractivity contribution is 0.0957. The van der Waals surface area contributed by atoms with Crippen LogP contribution in [0.5, 0.6) is 11.5 Å². The minimum Gasteiger partial charge on any atom is -0.493 e. The van der Waals surface area contributed by atoms with Crippen LogP contribution in [0, 0.1) is 6.92 Å². The average molecular weight is 390 g/mol. The number of hydrogen-bond donors (Lipinski definition) is 2. The summed E-state index contributed by atoms with van der Waals surface area (Å²) < 4.78 is 39.0. The van der Waals surface area contributed by atoms with E-state index in [1.54, 1.807) is 31.2 Å². The maximum absolute atomic E-state index is 12.7. The molecule has 8 heteroatoms. The zero-order chi connectivity index (χ0) is 19.4. The van der Waals surface area contributed by atoms with E-state index in [0.29, 0.717) is 42.5 Å². The zero-order valence-electron chi connectivity index (χ0n) is 15.2. The highest BCUT2D eigenvalue weighted by atomic mass is 32.2. The number of aryl methyl sites for hydroxylation is 1. The van der Waals surface area contributed by atoms with Crippen LogP contribution in [-0.2, 0) is 10.0 Å². The number of amides is 1. The maximum atomic E-state index is 12.7. The van der Waals surface area contributed by atoms with Gasteiger partial charge in [-0.2, -0.15) is 0 Å². The number of hydrogen-bond acceptors (Lipinski definition) is 5. The first-order valence-corrected chi connectivity index (χ1v) is 10.2. The Labute approximate surface area is 158 Å². The second-order valence-electron chi connectivity index (χ2n) is 6.20. The third kappa shape index (κ3) is 4.33. The molecule has 0 saturated heterocycles. The molecular formula is C19H22N2O5S. The minimum absolute atomic E-state index is 0.125. The molecule has 0 fully saturated rings. The number of carbonyl (C=O) groups excluding carboxylic acids is 1. The largest absolute Gasteiger partial charge is 0.493 e. The Balaban J connectivity index is 1.84. The van der Waals surface area contributed by atoms with Crippen LogP contribution in [-0.4, -0.2) is 34.1 Å². The Morgan fingerprint density at radius 1 is 1.22 bits per heavy atom. The molecule has 1 aliphatic heterocycles. The molecule has 0 aromatic heterocycles. The van der Waals surface area contributed by atoms with Crippen molar-refractivity contribution in [3.63, 3.8) is 0 Å². The quantitative estimate of drug-likeness (QED) is 0.791. The van der Waals surface area contributed by atoms with Crippen molar-refractivity contribution in [1.82, 2.24) is 5.32 Å². The van der Waals surface area contributed by atoms with Crippen LogP contribution in [0.1, 0.15) is 29.3 Å². The zero-order valence-corrected chi connectivity index (χ0v) is 16.1. The van der Waals surface area contributed by atoms with Crippen molar-refractivity contribution < 1.29 is 22.7 Å². The number of sulfonamides is 1. The summed E-state index contributed by atoms with van der Waals surface area (Å²) in [6.45, 7) is 5.15. The predicted molar refractivity (Wildman–Crippen MR) is 102 cm³/mol. The Hall–Kier alpha value is -2.74. The Morgan fingerprint density at radius 2 is 2.04 bits per heavy atom. The van der Waals surface area contributed by atoms with E-state index in [1.165, 1.54) is 12.1 Å². The molecular weight excluding hydrogens is 368 g/mol. The van der Waals surface area contributed by atoms with Gasteiger partial charge in [0.1, 0.15) is 18.1 Å². The molecule has 1 aliphatic rings. The molecule has 1 heterocycles. The number of carbonyl (C=O) groups is 1. The topological polar surface area (TPSA) is 93.7 Å². The van der Waals surface area contributed by atoms with Gasteiger partial charge in [0.05, 0.1) is 23.6 Å². The fourth-order valence-electron chi connectivity index (χ4n) is 2.69. The van der Waals surface area contributed by atoms with E-state index in [-0.39, 0.29) is 10.8 Å². The molecule has 0 spiro atoms. The van der Waals surface area contributed by atoms with E-state index in [1.807, 2.05) is 6.92 Å². The summed E-state index contributed by atoms with van der Waals surface area (Å²) in [6, 6.07) is 9.34. The van der Waals surface area contributed by atoms with Crippen molar-refractivity contribution in [2.24, 2.45) is 0 Å². The van der Waals surface area contributed by atoms with Crippen LogP contribution >= 0.6 is 0 Å². The first kappa shape index (κ1) is 19.0. The van der Waals surface area contributed by atoms with Crippen LogP contribution in [0.2, 0.25) is 0 Å². The molecule has 2 N–H and O–H groups in total. The second-order valence-corrected chi connectivity index (χ2v) is 7.88. The van der Waals surface area contributed by atoms with Crippen molar-refractivity contribution >= 4 is 21.6 Å². The molecule has 3 rings (SSSR count). The summed E-state index contributed by atoms with van der Waals surface area (Å²) in [6.07, 6.45) is 0.872. The fourth-order valence-corrected chi connectivity index (χ4v) is 3.83. The van der Waals surface area contributed by atoms with Crippen LogP contribution in [0.3, 0.4) is 0 Å². The van der Waals surface area contributed by atoms with E-state index in [2.05, 4.69) is 10.0 Å². The predicted octanol–water partition coefficient (Wildman–Crippen LogP) is 2.71. The molecule has 0 unspecified atom stereocenters. The minimum atomic E-state index is -3.80. The van der Waals surface area contributed by atoms with Crippen LogP contribution in [0.4, 0.5) is 5.69 Å². The maximum Gasteiger partial charge on any atom is 0.261 e. The molecule has 0 saturated carbocycles. The van der Waals surface area contributed by atoms with Crippen molar-refractivity contribution in [3.05, 3.63) is 47.5 Å². The molecule has 144 valence electrons. The standard InChI is InChI=1S/C19H22N2O5S/c1-3-9-25-17-7-5-15(11-13(17)2)27(23,24)21-14-4-6-18-16(12-14)19(22)20-8-10-26-18/h4-7,11-12,21H,3,8-10H2,1-2H3,(H,20,22). The third-order valence-electron chi connectivity index (χ3n) is 4.04. The third-order valence-corrected chi connectivity index (χ3v) is 5.42. The summed E-state index contributed by atoms with van der Waals surface area (Å²) in [7, 11) is -3.80. The first-order chi connectivity index (χ1) is 12.9. The van der Waals surface area contributed by atoms with Crippen molar-refractivity contribution in [3.8, 4) is 11.5 Å². The molecule has 0 aliphatic carbocycles. The summed E-state index contributed by atoms with van der Waals surface area (Å²) in [5.74, 6) is 0.799. The smallest absolute Gasteiger partial charge is 0.261 e. The van der Waals surface area contributed by atoms with Gasteiger partial charge < -0.3 is 14.8 Å². The SMILES string of the molecule is CCCOc1ccc(S(=O)(=O)Nc2ccc3c(c2)C(=O)NCCO3)cc1C. The van der Waals surface area contributed by atoms with Crippen LogP contribution < -0.4 is 19.5 Å². The molecule has 0 atom stereocenters. The molecule has 1 amide bonds. The molecule has 2 aromatic carbocycles. The van der Waals surface area contributed by atoms with Gasteiger partial charge in [0.25, 0.3) is 15.9 Å². The summed E-state index contributed by atoms with van der Waals surface area (Å²) in [5.41, 5.74) is 1.33. The number of anilines is 1. The summed E-state index contributed by atoms with van der Waals surface area (Å²) in [4.78, 5) is 12.2. The Morgan fingerprint density at radius 3 is 2.78 bits per heavy atom. The average Bonchev–Trinajstić information content (AvgIpc) is 2.82. The molecule has 0 bridgehead atoms. The molecule has 7 nitrogen and oxygen atoms in total. The van der Waals surface area contributed by atoms with Crippen molar-refractivity contribution in [1.29, 1.82) is 0 Å².